The summed E-state index contributed by atoms with van der Waals surface area (Å²) in [6.45, 7) is 9.10. The third kappa shape index (κ3) is 12.8. The fourth-order valence-corrected chi connectivity index (χ4v) is 6.24. The van der Waals surface area contributed by atoms with Crippen molar-refractivity contribution in [2.45, 2.75) is 161 Å². The molecule has 2 aromatic carbocycles. The number of hydrogen-bond donors (Lipinski definition) is 0. The molecule has 3 rings (SSSR count). The van der Waals surface area contributed by atoms with E-state index < -0.39 is 0 Å². The van der Waals surface area contributed by atoms with Gasteiger partial charge in [0.05, 0.1) is 0 Å². The summed E-state index contributed by atoms with van der Waals surface area (Å²) < 4.78 is 1.56. The van der Waals surface area contributed by atoms with E-state index in [1.807, 2.05) is 0 Å². The van der Waals surface area contributed by atoms with Crippen LogP contribution in [-0.4, -0.2) is 4.70 Å². The molecule has 3 heteroatoms. The quantitative estimate of drug-likeness (QED) is 0.0735. The van der Waals surface area contributed by atoms with Crippen LogP contribution in [-0.2, 0) is 27.3 Å². The van der Waals surface area contributed by atoms with Crippen molar-refractivity contribution >= 4 is 11.4 Å². The molecule has 2 aromatic rings. The Morgan fingerprint density at radius 3 is 1.09 bits per heavy atom. The van der Waals surface area contributed by atoms with Crippen LogP contribution in [0.4, 0.5) is 0 Å². The van der Waals surface area contributed by atoms with Crippen molar-refractivity contribution in [1.29, 1.82) is 0 Å². The molecule has 0 fully saturated rings. The first kappa shape index (κ1) is 38.2. The molecule has 0 radical (unpaired) electrons. The van der Waals surface area contributed by atoms with Crippen LogP contribution < -0.4 is 0 Å². The van der Waals surface area contributed by atoms with Crippen molar-refractivity contribution in [1.82, 2.24) is 0 Å². The molecule has 0 unspecified atom stereocenters. The van der Waals surface area contributed by atoms with Gasteiger partial charge < -0.3 is 5.53 Å². The Bertz CT molecular complexity index is 1120. The normalized spacial score (nSPS) is 13.2. The Morgan fingerprint density at radius 1 is 0.455 bits per heavy atom. The van der Waals surface area contributed by atoms with Gasteiger partial charge in [0.2, 0.25) is 11.4 Å². The molecule has 0 atom stereocenters. The first-order valence-corrected chi connectivity index (χ1v) is 19.9. The minimum absolute atomic E-state index is 1.02. The van der Waals surface area contributed by atoms with Gasteiger partial charge in [0.25, 0.3) is 0 Å². The van der Waals surface area contributed by atoms with Crippen molar-refractivity contribution in [3.05, 3.63) is 87.5 Å². The standard InChI is InChI=1S/C39H58N2.2CH3.Ni/c1-5-9-13-17-20-32-24-28-34(29-25-32)38-36(22-16-12-8-4)37(23-19-15-11-7-3)39(41(38)40)35-30-26-33(27-31-35)21-18-14-10-6-2;;;/h24-31H,5-23H2,1-4H3;2*1H3;. The van der Waals surface area contributed by atoms with Crippen molar-refractivity contribution in [3.63, 3.8) is 0 Å². The molecule has 2 nitrogen and oxygen atoms in total. The maximum atomic E-state index is 11.9. The van der Waals surface area contributed by atoms with Gasteiger partial charge in [0.1, 0.15) is 0 Å². The zero-order valence-corrected chi connectivity index (χ0v) is 30.3. The Morgan fingerprint density at radius 2 is 0.750 bits per heavy atom. The van der Waals surface area contributed by atoms with Crippen LogP contribution in [0.25, 0.3) is 16.9 Å². The third-order valence-electron chi connectivity index (χ3n) is 8.76. The van der Waals surface area contributed by atoms with E-state index in [1.165, 1.54) is 119 Å². The number of unbranched alkanes of at least 4 members (excludes halogenated alkanes) is 11. The second kappa shape index (κ2) is 23.4. The van der Waals surface area contributed by atoms with Gasteiger partial charge in [-0.2, -0.15) is 0 Å². The van der Waals surface area contributed by atoms with Crippen LogP contribution in [0, 0.1) is 0 Å². The van der Waals surface area contributed by atoms with E-state index in [2.05, 4.69) is 88.0 Å². The van der Waals surface area contributed by atoms with Gasteiger partial charge in [-0.05, 0) is 86.8 Å². The molecule has 0 aliphatic carbocycles. The van der Waals surface area contributed by atoms with Crippen molar-refractivity contribution < 1.29 is 19.1 Å². The van der Waals surface area contributed by atoms with Crippen LogP contribution in [0.3, 0.4) is 0 Å². The second-order valence-electron chi connectivity index (χ2n) is 12.6. The summed E-state index contributed by atoms with van der Waals surface area (Å²) in [5, 5.41) is 0. The van der Waals surface area contributed by atoms with Gasteiger partial charge in [0.15, 0.2) is 0 Å². The minimum atomic E-state index is 1.02. The van der Waals surface area contributed by atoms with E-state index in [0.717, 1.165) is 48.2 Å². The average Bonchev–Trinajstić information content (AvgIpc) is 3.31. The zero-order valence-electron chi connectivity index (χ0n) is 29.3. The summed E-state index contributed by atoms with van der Waals surface area (Å²) >= 11 is 1.62. The fourth-order valence-electron chi connectivity index (χ4n) is 6.24. The molecule has 0 bridgehead atoms. The number of nitrogens with zero attached hydrogens (tertiary/aromatic N) is 2. The van der Waals surface area contributed by atoms with E-state index in [-0.39, 0.29) is 0 Å². The van der Waals surface area contributed by atoms with Crippen LogP contribution in [0.5, 0.6) is 0 Å². The Kier molecular flexibility index (Phi) is 20.3. The first-order valence-electron chi connectivity index (χ1n) is 17.9. The van der Waals surface area contributed by atoms with E-state index in [9.17, 15) is 5.53 Å². The molecule has 1 aliphatic rings. The number of allylic oxidation sites excluding steroid dienone is 2. The zero-order chi connectivity index (χ0) is 32.0. The maximum absolute atomic E-state index is 11.9. The molecule has 248 valence electrons. The van der Waals surface area contributed by atoms with Crippen LogP contribution in [0.15, 0.2) is 59.7 Å². The molecular weight excluding hydrogens is 579 g/mol. The molecule has 1 heterocycles. The van der Waals surface area contributed by atoms with Crippen molar-refractivity contribution in [2.24, 2.45) is 0 Å². The van der Waals surface area contributed by atoms with Crippen LogP contribution in [0.1, 0.15) is 159 Å². The summed E-state index contributed by atoms with van der Waals surface area (Å²) in [6.07, 6.45) is 23.2. The second-order valence-corrected chi connectivity index (χ2v) is 13.6. The number of benzene rings is 2. The molecule has 0 saturated carbocycles. The van der Waals surface area contributed by atoms with Gasteiger partial charge in [-0.25, -0.2) is 4.70 Å². The van der Waals surface area contributed by atoms with Crippen molar-refractivity contribution in [2.75, 3.05) is 0 Å². The predicted molar refractivity (Wildman–Crippen MR) is 191 cm³/mol. The summed E-state index contributed by atoms with van der Waals surface area (Å²) in [4.78, 5) is 0. The van der Waals surface area contributed by atoms with Crippen LogP contribution in [0.2, 0.25) is 11.8 Å². The van der Waals surface area contributed by atoms with Gasteiger partial charge >= 0.3 is 26.2 Å². The Balaban J connectivity index is 0.00000216. The predicted octanol–water partition coefficient (Wildman–Crippen LogP) is 13.8. The molecule has 1 aliphatic heterocycles. The van der Waals surface area contributed by atoms with Crippen molar-refractivity contribution in [3.8, 4) is 0 Å². The summed E-state index contributed by atoms with van der Waals surface area (Å²) in [7, 11) is 0. The average molecular weight is 644 g/mol. The molecule has 0 N–H and O–H groups in total. The molecular formula is C41H64N2Ni. The Labute approximate surface area is 278 Å². The SMILES string of the molecule is CCCCCCC1=C(c2ccc(CCCCCC)cc2)[N+](=[N-])C(c2ccc(CCCCCC)cc2)=C1CCCCC.[CH3][Ni][CH3]. The summed E-state index contributed by atoms with van der Waals surface area (Å²) in [5.41, 5.74) is 21.8. The molecule has 44 heavy (non-hydrogen) atoms. The third-order valence-corrected chi connectivity index (χ3v) is 8.76. The topological polar surface area (TPSA) is 25.3 Å². The van der Waals surface area contributed by atoms with Gasteiger partial charge in [-0.3, -0.25) is 0 Å². The van der Waals surface area contributed by atoms with E-state index in [4.69, 9.17) is 0 Å². The summed E-state index contributed by atoms with van der Waals surface area (Å²) in [5.74, 6) is 4.12. The van der Waals surface area contributed by atoms with Gasteiger partial charge in [0, 0.05) is 22.3 Å². The van der Waals surface area contributed by atoms with E-state index in [0.29, 0.717) is 0 Å². The fraction of sp³-hybridized carbons (Fsp3) is 0.610. The van der Waals surface area contributed by atoms with E-state index >= 15 is 0 Å². The molecule has 0 amide bonds. The first-order chi connectivity index (χ1) is 21.6. The number of rotatable bonds is 21. The Hall–Kier alpha value is -1.99. The van der Waals surface area contributed by atoms with Crippen LogP contribution >= 0.6 is 0 Å². The summed E-state index contributed by atoms with van der Waals surface area (Å²) in [6, 6.07) is 18.2. The molecule has 0 saturated heterocycles. The molecule has 0 spiro atoms. The molecule has 0 aromatic heterocycles. The van der Waals surface area contributed by atoms with Gasteiger partial charge in [-0.15, -0.1) is 0 Å². The number of hydrogen-bond acceptors (Lipinski definition) is 0. The monoisotopic (exact) mass is 642 g/mol. The number of aryl methyl sites for hydroxylation is 2. The van der Waals surface area contributed by atoms with Gasteiger partial charge in [-0.1, -0.05) is 123 Å². The van der Waals surface area contributed by atoms with E-state index in [1.54, 1.807) is 19.1 Å².